The SMILES string of the molecule is COc1cc2c(cc1OC)C(C)(C)C(Sc1ccccc1)CN2S(=O)(=O)c1ccccc1[N+](=O)[O-]. The van der Waals surface area contributed by atoms with Gasteiger partial charge < -0.3 is 9.47 Å². The average Bonchev–Trinajstić information content (AvgIpc) is 2.85. The number of benzene rings is 3. The van der Waals surface area contributed by atoms with E-state index < -0.39 is 26.0 Å². The Balaban J connectivity index is 1.94. The number of nitro benzene ring substituents is 1. The van der Waals surface area contributed by atoms with E-state index in [-0.39, 0.29) is 16.7 Å². The summed E-state index contributed by atoms with van der Waals surface area (Å²) >= 11 is 1.57. The van der Waals surface area contributed by atoms with Crippen molar-refractivity contribution in [3.8, 4) is 11.5 Å². The number of nitro groups is 1. The van der Waals surface area contributed by atoms with Crippen molar-refractivity contribution in [3.63, 3.8) is 0 Å². The fourth-order valence-corrected chi connectivity index (χ4v) is 7.29. The Morgan fingerprint density at radius 3 is 2.23 bits per heavy atom. The molecule has 1 heterocycles. The van der Waals surface area contributed by atoms with Crippen molar-refractivity contribution < 1.29 is 22.8 Å². The summed E-state index contributed by atoms with van der Waals surface area (Å²) in [4.78, 5) is 11.6. The van der Waals surface area contributed by atoms with Gasteiger partial charge in [0.1, 0.15) is 0 Å². The minimum atomic E-state index is -4.29. The molecular formula is C25H26N2O6S2. The van der Waals surface area contributed by atoms with Crippen molar-refractivity contribution in [2.75, 3.05) is 25.1 Å². The van der Waals surface area contributed by atoms with Gasteiger partial charge in [0, 0.05) is 34.2 Å². The standard InChI is InChI=1S/C25H26N2O6S2/c1-25(2)18-14-21(32-3)22(33-4)15-20(18)26(16-24(25)34-17-10-6-5-7-11-17)35(30,31)23-13-9-8-12-19(23)27(28)29/h5-15,24H,16H2,1-4H3. The molecule has 0 amide bonds. The van der Waals surface area contributed by atoms with E-state index in [1.165, 1.54) is 42.8 Å². The Labute approximate surface area is 209 Å². The lowest BCUT2D eigenvalue weighted by molar-refractivity contribution is -0.387. The number of rotatable bonds is 7. The molecule has 0 spiro atoms. The monoisotopic (exact) mass is 514 g/mol. The molecule has 8 nitrogen and oxygen atoms in total. The average molecular weight is 515 g/mol. The summed E-state index contributed by atoms with van der Waals surface area (Å²) in [5.41, 5.74) is 0.226. The van der Waals surface area contributed by atoms with Crippen LogP contribution in [0.2, 0.25) is 0 Å². The minimum absolute atomic E-state index is 0.115. The Hall–Kier alpha value is -3.24. The second-order valence-corrected chi connectivity index (χ2v) is 11.7. The maximum Gasteiger partial charge on any atom is 0.289 e. The van der Waals surface area contributed by atoms with Crippen molar-refractivity contribution in [1.82, 2.24) is 0 Å². The molecule has 35 heavy (non-hydrogen) atoms. The summed E-state index contributed by atoms with van der Waals surface area (Å²) in [5, 5.41) is 11.5. The van der Waals surface area contributed by atoms with Gasteiger partial charge in [0.05, 0.1) is 24.8 Å². The van der Waals surface area contributed by atoms with Crippen LogP contribution in [0.4, 0.5) is 11.4 Å². The van der Waals surface area contributed by atoms with Gasteiger partial charge in [-0.25, -0.2) is 8.42 Å². The van der Waals surface area contributed by atoms with E-state index >= 15 is 0 Å². The molecule has 0 aromatic heterocycles. The Bertz CT molecular complexity index is 1360. The topological polar surface area (TPSA) is 99.0 Å². The number of thioether (sulfide) groups is 1. The van der Waals surface area contributed by atoms with Gasteiger partial charge in [-0.15, -0.1) is 11.8 Å². The van der Waals surface area contributed by atoms with Crippen LogP contribution in [0, 0.1) is 10.1 Å². The normalized spacial score (nSPS) is 16.9. The Kier molecular flexibility index (Phi) is 6.70. The van der Waals surface area contributed by atoms with Gasteiger partial charge in [0.15, 0.2) is 16.4 Å². The first-order valence-electron chi connectivity index (χ1n) is 10.9. The molecule has 0 fully saturated rings. The fraction of sp³-hybridized carbons (Fsp3) is 0.280. The number of hydrogen-bond donors (Lipinski definition) is 0. The molecule has 4 rings (SSSR count). The maximum atomic E-state index is 14.0. The highest BCUT2D eigenvalue weighted by molar-refractivity contribution is 8.00. The summed E-state index contributed by atoms with van der Waals surface area (Å²) in [6.07, 6.45) is 0. The molecule has 1 aliphatic rings. The van der Waals surface area contributed by atoms with Crippen LogP contribution in [-0.2, 0) is 15.4 Å². The van der Waals surface area contributed by atoms with E-state index in [1.807, 2.05) is 30.3 Å². The molecule has 0 radical (unpaired) electrons. The Morgan fingerprint density at radius 1 is 1.00 bits per heavy atom. The van der Waals surface area contributed by atoms with E-state index in [2.05, 4.69) is 13.8 Å². The minimum Gasteiger partial charge on any atom is -0.493 e. The zero-order valence-electron chi connectivity index (χ0n) is 19.8. The van der Waals surface area contributed by atoms with Gasteiger partial charge >= 0.3 is 0 Å². The molecule has 1 aliphatic heterocycles. The molecule has 0 aliphatic carbocycles. The first-order chi connectivity index (χ1) is 16.6. The molecule has 0 saturated heterocycles. The van der Waals surface area contributed by atoms with Crippen LogP contribution in [0.25, 0.3) is 0 Å². The largest absolute Gasteiger partial charge is 0.493 e. The molecule has 1 unspecified atom stereocenters. The lowest BCUT2D eigenvalue weighted by atomic mass is 9.77. The van der Waals surface area contributed by atoms with Crippen molar-refractivity contribution in [1.29, 1.82) is 0 Å². The third-order valence-corrected chi connectivity index (χ3v) is 9.65. The quantitative estimate of drug-likeness (QED) is 0.313. The molecule has 1 atom stereocenters. The van der Waals surface area contributed by atoms with Crippen molar-refractivity contribution in [2.24, 2.45) is 0 Å². The highest BCUT2D eigenvalue weighted by Gasteiger charge is 2.46. The zero-order valence-corrected chi connectivity index (χ0v) is 21.4. The van der Waals surface area contributed by atoms with Crippen LogP contribution >= 0.6 is 11.8 Å². The number of nitrogens with zero attached hydrogens (tertiary/aromatic N) is 2. The third kappa shape index (κ3) is 4.43. The summed E-state index contributed by atoms with van der Waals surface area (Å²) in [6.45, 7) is 4.24. The van der Waals surface area contributed by atoms with Gasteiger partial charge in [-0.2, -0.15) is 0 Å². The molecule has 10 heteroatoms. The summed E-state index contributed by atoms with van der Waals surface area (Å²) in [5.74, 6) is 0.853. The van der Waals surface area contributed by atoms with Crippen LogP contribution in [-0.4, -0.2) is 39.4 Å². The molecule has 0 bridgehead atoms. The lowest BCUT2D eigenvalue weighted by Crippen LogP contribution is -2.49. The van der Waals surface area contributed by atoms with Crippen molar-refractivity contribution >= 4 is 33.2 Å². The van der Waals surface area contributed by atoms with E-state index in [4.69, 9.17) is 9.47 Å². The van der Waals surface area contributed by atoms with Crippen molar-refractivity contribution in [3.05, 3.63) is 82.4 Å². The van der Waals surface area contributed by atoms with Gasteiger partial charge in [-0.3, -0.25) is 14.4 Å². The number of ether oxygens (including phenoxy) is 2. The van der Waals surface area contributed by atoms with E-state index in [0.717, 1.165) is 10.5 Å². The van der Waals surface area contributed by atoms with E-state index in [0.29, 0.717) is 17.2 Å². The first kappa shape index (κ1) is 24.9. The predicted molar refractivity (Wildman–Crippen MR) is 136 cm³/mol. The maximum absolute atomic E-state index is 14.0. The Morgan fingerprint density at radius 2 is 1.60 bits per heavy atom. The number of methoxy groups -OCH3 is 2. The van der Waals surface area contributed by atoms with Gasteiger partial charge in [0.25, 0.3) is 15.7 Å². The van der Waals surface area contributed by atoms with Crippen LogP contribution in [0.3, 0.4) is 0 Å². The lowest BCUT2D eigenvalue weighted by Gasteiger charge is -2.45. The molecule has 3 aromatic carbocycles. The smallest absolute Gasteiger partial charge is 0.289 e. The summed E-state index contributed by atoms with van der Waals surface area (Å²) in [7, 11) is -1.28. The van der Waals surface area contributed by atoms with Crippen LogP contribution in [0.15, 0.2) is 76.5 Å². The molecular weight excluding hydrogens is 488 g/mol. The number of para-hydroxylation sites is 1. The predicted octanol–water partition coefficient (Wildman–Crippen LogP) is 5.26. The van der Waals surface area contributed by atoms with Crippen LogP contribution in [0.5, 0.6) is 11.5 Å². The van der Waals surface area contributed by atoms with Crippen LogP contribution in [0.1, 0.15) is 19.4 Å². The molecule has 0 N–H and O–H groups in total. The summed E-state index contributed by atoms with van der Waals surface area (Å²) < 4.78 is 40.2. The number of fused-ring (bicyclic) bond motifs is 1. The van der Waals surface area contributed by atoms with Crippen LogP contribution < -0.4 is 13.8 Å². The summed E-state index contributed by atoms with van der Waals surface area (Å²) in [6, 6.07) is 18.6. The molecule has 0 saturated carbocycles. The fourth-order valence-electron chi connectivity index (χ4n) is 4.26. The van der Waals surface area contributed by atoms with Gasteiger partial charge in [0.2, 0.25) is 0 Å². The van der Waals surface area contributed by atoms with Gasteiger partial charge in [-0.05, 0) is 29.8 Å². The molecule has 3 aromatic rings. The van der Waals surface area contributed by atoms with Crippen molar-refractivity contribution in [2.45, 2.75) is 34.3 Å². The van der Waals surface area contributed by atoms with Gasteiger partial charge in [-0.1, -0.05) is 44.2 Å². The number of hydrogen-bond acceptors (Lipinski definition) is 7. The second-order valence-electron chi connectivity index (χ2n) is 8.63. The highest BCUT2D eigenvalue weighted by atomic mass is 32.2. The highest BCUT2D eigenvalue weighted by Crippen LogP contribution is 2.51. The van der Waals surface area contributed by atoms with E-state index in [1.54, 1.807) is 23.9 Å². The zero-order chi connectivity index (χ0) is 25.4. The van der Waals surface area contributed by atoms with E-state index in [9.17, 15) is 18.5 Å². The number of anilines is 1. The first-order valence-corrected chi connectivity index (χ1v) is 13.2. The second kappa shape index (κ2) is 9.43. The number of sulfonamides is 1. The third-order valence-electron chi connectivity index (χ3n) is 6.25. The molecule has 184 valence electrons.